The molecule has 7 atom stereocenters. The van der Waals surface area contributed by atoms with Gasteiger partial charge in [-0.05, 0) is 99.2 Å². The first-order valence-corrected chi connectivity index (χ1v) is 13.5. The minimum atomic E-state index is 0.0231. The number of hydrogen-bond acceptors (Lipinski definition) is 2. The summed E-state index contributed by atoms with van der Waals surface area (Å²) in [5.41, 5.74) is 0.666. The molecule has 4 unspecified atom stereocenters. The standard InChI is InChI=1S/C28H46O2/c1-26-17-18-28(30-3,16-13-20-7-5-4-6-8-20)19-21(26)9-10-22-23-11-12-25(29)27(23,2)15-14-24(22)26/h20-24H,4-19H2,1-3H3/t21?,22?,23?,24?,26-,27-,28+/m0/s1. The van der Waals surface area contributed by atoms with Crippen molar-refractivity contribution < 1.29 is 9.53 Å². The molecule has 2 nitrogen and oxygen atoms in total. The van der Waals surface area contributed by atoms with E-state index in [0.717, 1.165) is 36.5 Å². The Balaban J connectivity index is 1.29. The summed E-state index contributed by atoms with van der Waals surface area (Å²) < 4.78 is 6.35. The summed E-state index contributed by atoms with van der Waals surface area (Å²) in [7, 11) is 2.01. The first kappa shape index (κ1) is 21.5. The molecule has 2 heteroatoms. The minimum absolute atomic E-state index is 0.0231. The molecule has 0 aromatic rings. The second-order valence-electron chi connectivity index (χ2n) is 12.7. The number of carbonyl (C=O) groups is 1. The Morgan fingerprint density at radius 1 is 0.900 bits per heavy atom. The topological polar surface area (TPSA) is 26.3 Å². The molecule has 0 aliphatic heterocycles. The number of rotatable bonds is 4. The molecule has 30 heavy (non-hydrogen) atoms. The van der Waals surface area contributed by atoms with E-state index in [0.29, 0.717) is 17.1 Å². The van der Waals surface area contributed by atoms with Crippen LogP contribution in [0.5, 0.6) is 0 Å². The van der Waals surface area contributed by atoms with E-state index in [9.17, 15) is 4.79 Å². The molecule has 5 rings (SSSR count). The zero-order valence-electron chi connectivity index (χ0n) is 20.0. The number of hydrogen-bond donors (Lipinski definition) is 0. The van der Waals surface area contributed by atoms with Crippen molar-refractivity contribution in [3.63, 3.8) is 0 Å². The molecule has 0 aromatic heterocycles. The van der Waals surface area contributed by atoms with Crippen molar-refractivity contribution >= 4 is 5.78 Å². The number of methoxy groups -OCH3 is 1. The van der Waals surface area contributed by atoms with Gasteiger partial charge in [-0.1, -0.05) is 46.0 Å². The average Bonchev–Trinajstić information content (AvgIpc) is 3.08. The molecule has 5 saturated carbocycles. The lowest BCUT2D eigenvalue weighted by molar-refractivity contribution is -0.162. The Kier molecular flexibility index (Phi) is 5.65. The molecule has 170 valence electrons. The summed E-state index contributed by atoms with van der Waals surface area (Å²) in [6.45, 7) is 4.97. The van der Waals surface area contributed by atoms with E-state index in [-0.39, 0.29) is 11.0 Å². The number of fused-ring (bicyclic) bond motifs is 5. The van der Waals surface area contributed by atoms with Gasteiger partial charge in [-0.15, -0.1) is 0 Å². The Bertz CT molecular complexity index is 651. The van der Waals surface area contributed by atoms with Crippen LogP contribution in [0.25, 0.3) is 0 Å². The fourth-order valence-corrected chi connectivity index (χ4v) is 9.54. The van der Waals surface area contributed by atoms with Crippen LogP contribution in [0, 0.1) is 40.4 Å². The molecule has 0 amide bonds. The van der Waals surface area contributed by atoms with Crippen LogP contribution in [0.4, 0.5) is 0 Å². The smallest absolute Gasteiger partial charge is 0.139 e. The quantitative estimate of drug-likeness (QED) is 0.481. The zero-order valence-corrected chi connectivity index (χ0v) is 20.0. The molecule has 0 bridgehead atoms. The second kappa shape index (κ2) is 7.89. The second-order valence-corrected chi connectivity index (χ2v) is 12.7. The van der Waals surface area contributed by atoms with E-state index >= 15 is 0 Å². The van der Waals surface area contributed by atoms with Crippen LogP contribution in [-0.2, 0) is 9.53 Å². The maximum absolute atomic E-state index is 12.7. The van der Waals surface area contributed by atoms with Gasteiger partial charge in [0.25, 0.3) is 0 Å². The van der Waals surface area contributed by atoms with E-state index < -0.39 is 0 Å². The molecule has 0 spiro atoms. The van der Waals surface area contributed by atoms with Crippen molar-refractivity contribution in [1.29, 1.82) is 0 Å². The summed E-state index contributed by atoms with van der Waals surface area (Å²) in [5, 5.41) is 0. The lowest BCUT2D eigenvalue weighted by Crippen LogP contribution is -2.56. The Hall–Kier alpha value is -0.370. The molecular formula is C28H46O2. The van der Waals surface area contributed by atoms with Gasteiger partial charge >= 0.3 is 0 Å². The largest absolute Gasteiger partial charge is 0.378 e. The fraction of sp³-hybridized carbons (Fsp3) is 0.964. The van der Waals surface area contributed by atoms with Crippen LogP contribution in [0.15, 0.2) is 0 Å². The van der Waals surface area contributed by atoms with E-state index in [1.165, 1.54) is 89.9 Å². The molecular weight excluding hydrogens is 368 g/mol. The van der Waals surface area contributed by atoms with Crippen molar-refractivity contribution in [3.8, 4) is 0 Å². The average molecular weight is 415 g/mol. The molecule has 5 fully saturated rings. The first-order valence-electron chi connectivity index (χ1n) is 13.5. The Morgan fingerprint density at radius 3 is 2.47 bits per heavy atom. The van der Waals surface area contributed by atoms with Gasteiger partial charge in [0, 0.05) is 18.9 Å². The van der Waals surface area contributed by atoms with Gasteiger partial charge < -0.3 is 4.74 Å². The van der Waals surface area contributed by atoms with Crippen molar-refractivity contribution in [2.75, 3.05) is 7.11 Å². The fourth-order valence-electron chi connectivity index (χ4n) is 9.54. The predicted molar refractivity (Wildman–Crippen MR) is 122 cm³/mol. The zero-order chi connectivity index (χ0) is 21.0. The highest BCUT2D eigenvalue weighted by Gasteiger charge is 2.61. The molecule has 5 aliphatic rings. The Labute approximate surface area is 185 Å². The minimum Gasteiger partial charge on any atom is -0.378 e. The van der Waals surface area contributed by atoms with Crippen LogP contribution in [0.2, 0.25) is 0 Å². The van der Waals surface area contributed by atoms with Crippen molar-refractivity contribution in [3.05, 3.63) is 0 Å². The highest BCUT2D eigenvalue weighted by Crippen LogP contribution is 2.66. The molecule has 5 aliphatic carbocycles. The van der Waals surface area contributed by atoms with Crippen LogP contribution >= 0.6 is 0 Å². The van der Waals surface area contributed by atoms with Gasteiger partial charge in [0.1, 0.15) is 5.78 Å². The maximum atomic E-state index is 12.7. The molecule has 0 heterocycles. The van der Waals surface area contributed by atoms with E-state index in [2.05, 4.69) is 13.8 Å². The number of carbonyl (C=O) groups excluding carboxylic acids is 1. The van der Waals surface area contributed by atoms with E-state index in [4.69, 9.17) is 4.74 Å². The van der Waals surface area contributed by atoms with Gasteiger partial charge in [0.2, 0.25) is 0 Å². The maximum Gasteiger partial charge on any atom is 0.139 e. The van der Waals surface area contributed by atoms with Crippen molar-refractivity contribution in [2.45, 2.75) is 122 Å². The van der Waals surface area contributed by atoms with Gasteiger partial charge in [-0.2, -0.15) is 0 Å². The summed E-state index contributed by atoms with van der Waals surface area (Å²) >= 11 is 0. The summed E-state index contributed by atoms with van der Waals surface area (Å²) in [4.78, 5) is 12.7. The van der Waals surface area contributed by atoms with Crippen LogP contribution < -0.4 is 0 Å². The van der Waals surface area contributed by atoms with Gasteiger partial charge in [0.15, 0.2) is 0 Å². The highest BCUT2D eigenvalue weighted by atomic mass is 16.5. The first-order chi connectivity index (χ1) is 14.4. The molecule has 0 radical (unpaired) electrons. The third kappa shape index (κ3) is 3.34. The van der Waals surface area contributed by atoms with Crippen LogP contribution in [0.3, 0.4) is 0 Å². The number of Topliss-reactive ketones (excluding diaryl/α,β-unsaturated/α-hetero) is 1. The normalized spacial score (nSPS) is 49.4. The third-order valence-corrected chi connectivity index (χ3v) is 11.7. The summed E-state index contributed by atoms with van der Waals surface area (Å²) in [6, 6.07) is 0. The van der Waals surface area contributed by atoms with Crippen LogP contribution in [-0.4, -0.2) is 18.5 Å². The Morgan fingerprint density at radius 2 is 1.70 bits per heavy atom. The lowest BCUT2D eigenvalue weighted by atomic mass is 9.44. The van der Waals surface area contributed by atoms with Crippen molar-refractivity contribution in [2.24, 2.45) is 40.4 Å². The van der Waals surface area contributed by atoms with Gasteiger partial charge in [0.05, 0.1) is 5.60 Å². The SMILES string of the molecule is CO[C@]1(CCC2CCCCC2)CC[C@@]2(C)C(CCC3C2CC[C@]2(C)C(=O)CCC32)C1. The summed E-state index contributed by atoms with van der Waals surface area (Å²) in [6.07, 6.45) is 21.2. The molecule has 0 aromatic carbocycles. The highest BCUT2D eigenvalue weighted by molar-refractivity contribution is 5.87. The van der Waals surface area contributed by atoms with Gasteiger partial charge in [-0.3, -0.25) is 4.79 Å². The van der Waals surface area contributed by atoms with E-state index in [1.807, 2.05) is 7.11 Å². The molecule has 0 N–H and O–H groups in total. The number of ether oxygens (including phenoxy) is 1. The lowest BCUT2D eigenvalue weighted by Gasteiger charge is -2.62. The predicted octanol–water partition coefficient (Wildman–Crippen LogP) is 7.34. The van der Waals surface area contributed by atoms with E-state index in [1.54, 1.807) is 0 Å². The third-order valence-electron chi connectivity index (χ3n) is 11.7. The molecule has 0 saturated heterocycles. The van der Waals surface area contributed by atoms with Gasteiger partial charge in [-0.25, -0.2) is 0 Å². The number of ketones is 1. The summed E-state index contributed by atoms with van der Waals surface area (Å²) in [5.74, 6) is 4.73. The monoisotopic (exact) mass is 414 g/mol. The van der Waals surface area contributed by atoms with Crippen LogP contribution in [0.1, 0.15) is 117 Å². The van der Waals surface area contributed by atoms with Crippen molar-refractivity contribution in [1.82, 2.24) is 0 Å².